The summed E-state index contributed by atoms with van der Waals surface area (Å²) in [5.74, 6) is 0.924. The molecule has 112 valence electrons. The maximum Gasteiger partial charge on any atom is 0.122 e. The zero-order valence-corrected chi connectivity index (χ0v) is 14.1. The Morgan fingerprint density at radius 1 is 1.24 bits per heavy atom. The van der Waals surface area contributed by atoms with Crippen LogP contribution in [0.2, 0.25) is 0 Å². The molecule has 1 N–H and O–H groups in total. The predicted octanol–water partition coefficient (Wildman–Crippen LogP) is 4.14. The zero-order valence-electron chi connectivity index (χ0n) is 12.5. The number of ether oxygens (including phenoxy) is 1. The molecule has 2 aromatic rings. The van der Waals surface area contributed by atoms with Gasteiger partial charge in [-0.2, -0.15) is 0 Å². The highest BCUT2D eigenvalue weighted by Crippen LogP contribution is 2.27. The van der Waals surface area contributed by atoms with Crippen molar-refractivity contribution >= 4 is 15.9 Å². The Morgan fingerprint density at radius 3 is 2.76 bits per heavy atom. The van der Waals surface area contributed by atoms with Crippen LogP contribution in [0, 0.1) is 0 Å². The van der Waals surface area contributed by atoms with Crippen molar-refractivity contribution in [2.24, 2.45) is 0 Å². The van der Waals surface area contributed by atoms with E-state index in [9.17, 15) is 0 Å². The summed E-state index contributed by atoms with van der Waals surface area (Å²) in [7, 11) is 1.71. The number of halogens is 1. The van der Waals surface area contributed by atoms with Gasteiger partial charge in [0.2, 0.25) is 0 Å². The molecule has 0 bridgehead atoms. The lowest BCUT2D eigenvalue weighted by atomic mass is 10.0. The number of rotatable bonds is 7. The van der Waals surface area contributed by atoms with Gasteiger partial charge in [0.05, 0.1) is 18.8 Å². The summed E-state index contributed by atoms with van der Waals surface area (Å²) in [5, 5.41) is 3.58. The first-order valence-corrected chi connectivity index (χ1v) is 8.01. The quantitative estimate of drug-likeness (QED) is 0.816. The molecule has 21 heavy (non-hydrogen) atoms. The van der Waals surface area contributed by atoms with E-state index in [1.54, 1.807) is 7.11 Å². The van der Waals surface area contributed by atoms with Gasteiger partial charge in [0.25, 0.3) is 0 Å². The molecule has 1 atom stereocenters. The summed E-state index contributed by atoms with van der Waals surface area (Å²) >= 11 is 3.60. The zero-order chi connectivity index (χ0) is 15.1. The third kappa shape index (κ3) is 4.29. The Hall–Kier alpha value is -1.39. The standard InChI is InChI=1S/C17H21BrN2O/c1-3-10-19-15(17-14(18)8-6-11-20-17)12-13-7-4-5-9-16(13)21-2/h4-9,11,15,19H,3,10,12H2,1-2H3. The molecule has 0 aliphatic carbocycles. The Labute approximate surface area is 134 Å². The first-order chi connectivity index (χ1) is 10.3. The molecule has 1 unspecified atom stereocenters. The molecule has 1 aromatic heterocycles. The van der Waals surface area contributed by atoms with Gasteiger partial charge in [-0.05, 0) is 59.1 Å². The lowest BCUT2D eigenvalue weighted by Gasteiger charge is -2.20. The van der Waals surface area contributed by atoms with Gasteiger partial charge in [-0.25, -0.2) is 0 Å². The summed E-state index contributed by atoms with van der Waals surface area (Å²) in [6.07, 6.45) is 3.77. The number of nitrogens with zero attached hydrogens (tertiary/aromatic N) is 1. The molecule has 0 fully saturated rings. The monoisotopic (exact) mass is 348 g/mol. The van der Waals surface area contributed by atoms with Gasteiger partial charge < -0.3 is 10.1 Å². The first-order valence-electron chi connectivity index (χ1n) is 7.22. The number of para-hydroxylation sites is 1. The number of methoxy groups -OCH3 is 1. The first kappa shape index (κ1) is 16.0. The molecule has 0 amide bonds. The fourth-order valence-corrected chi connectivity index (χ4v) is 2.86. The van der Waals surface area contributed by atoms with Crippen molar-refractivity contribution in [2.75, 3.05) is 13.7 Å². The van der Waals surface area contributed by atoms with Gasteiger partial charge >= 0.3 is 0 Å². The summed E-state index contributed by atoms with van der Waals surface area (Å²) in [6.45, 7) is 3.13. The van der Waals surface area contributed by atoms with E-state index in [4.69, 9.17) is 4.74 Å². The minimum absolute atomic E-state index is 0.164. The van der Waals surface area contributed by atoms with E-state index in [-0.39, 0.29) is 6.04 Å². The van der Waals surface area contributed by atoms with E-state index < -0.39 is 0 Å². The van der Waals surface area contributed by atoms with E-state index in [2.05, 4.69) is 39.2 Å². The van der Waals surface area contributed by atoms with Gasteiger partial charge in [0.15, 0.2) is 0 Å². The number of aromatic nitrogens is 1. The maximum atomic E-state index is 5.46. The highest BCUT2D eigenvalue weighted by atomic mass is 79.9. The minimum atomic E-state index is 0.164. The van der Waals surface area contributed by atoms with E-state index in [0.717, 1.165) is 35.3 Å². The molecule has 0 saturated heterocycles. The molecule has 0 aliphatic heterocycles. The molecule has 0 spiro atoms. The fraction of sp³-hybridized carbons (Fsp3) is 0.353. The Kier molecular flexibility index (Phi) is 6.21. The van der Waals surface area contributed by atoms with Crippen molar-refractivity contribution in [1.82, 2.24) is 10.3 Å². The second-order valence-electron chi connectivity index (χ2n) is 4.89. The van der Waals surface area contributed by atoms with Gasteiger partial charge in [-0.1, -0.05) is 25.1 Å². The van der Waals surface area contributed by atoms with Crippen LogP contribution in [-0.4, -0.2) is 18.6 Å². The van der Waals surface area contributed by atoms with Crippen LogP contribution in [0.25, 0.3) is 0 Å². The second kappa shape index (κ2) is 8.15. The molecule has 4 heteroatoms. The van der Waals surface area contributed by atoms with Gasteiger partial charge in [-0.3, -0.25) is 4.98 Å². The van der Waals surface area contributed by atoms with Gasteiger partial charge in [-0.15, -0.1) is 0 Å². The van der Waals surface area contributed by atoms with Crippen LogP contribution in [0.1, 0.15) is 30.6 Å². The maximum absolute atomic E-state index is 5.46. The van der Waals surface area contributed by atoms with E-state index in [0.29, 0.717) is 0 Å². The second-order valence-corrected chi connectivity index (χ2v) is 5.75. The van der Waals surface area contributed by atoms with Crippen LogP contribution >= 0.6 is 15.9 Å². The lowest BCUT2D eigenvalue weighted by molar-refractivity contribution is 0.404. The van der Waals surface area contributed by atoms with Gasteiger partial charge in [0.1, 0.15) is 5.75 Å². The van der Waals surface area contributed by atoms with Crippen molar-refractivity contribution in [1.29, 1.82) is 0 Å². The molecule has 1 aromatic carbocycles. The normalized spacial score (nSPS) is 12.1. The van der Waals surface area contributed by atoms with E-state index >= 15 is 0 Å². The summed E-state index contributed by atoms with van der Waals surface area (Å²) in [5.41, 5.74) is 2.23. The number of pyridine rings is 1. The number of benzene rings is 1. The van der Waals surface area contributed by atoms with E-state index in [1.807, 2.05) is 36.5 Å². The molecular weight excluding hydrogens is 328 g/mol. The highest BCUT2D eigenvalue weighted by molar-refractivity contribution is 9.10. The van der Waals surface area contributed by atoms with Crippen LogP contribution in [0.4, 0.5) is 0 Å². The Morgan fingerprint density at radius 2 is 2.05 bits per heavy atom. The predicted molar refractivity (Wildman–Crippen MR) is 89.7 cm³/mol. The molecule has 3 nitrogen and oxygen atoms in total. The summed E-state index contributed by atoms with van der Waals surface area (Å²) in [4.78, 5) is 4.53. The van der Waals surface area contributed by atoms with Crippen LogP contribution in [0.15, 0.2) is 47.1 Å². The molecular formula is C17H21BrN2O. The molecule has 0 radical (unpaired) electrons. The topological polar surface area (TPSA) is 34.1 Å². The van der Waals surface area contributed by atoms with E-state index in [1.165, 1.54) is 5.56 Å². The summed E-state index contributed by atoms with van der Waals surface area (Å²) in [6, 6.07) is 12.3. The third-order valence-corrected chi connectivity index (χ3v) is 4.04. The number of hydrogen-bond acceptors (Lipinski definition) is 3. The average molecular weight is 349 g/mol. The molecule has 1 heterocycles. The molecule has 0 aliphatic rings. The van der Waals surface area contributed by atoms with Crippen molar-refractivity contribution in [3.8, 4) is 5.75 Å². The Bertz CT molecular complexity index is 574. The van der Waals surface area contributed by atoms with Crippen LogP contribution in [0.3, 0.4) is 0 Å². The minimum Gasteiger partial charge on any atom is -0.496 e. The van der Waals surface area contributed by atoms with Crippen LogP contribution in [-0.2, 0) is 6.42 Å². The van der Waals surface area contributed by atoms with Crippen LogP contribution in [0.5, 0.6) is 5.75 Å². The fourth-order valence-electron chi connectivity index (χ4n) is 2.33. The molecule has 2 rings (SSSR count). The largest absolute Gasteiger partial charge is 0.496 e. The highest BCUT2D eigenvalue weighted by Gasteiger charge is 2.17. The SMILES string of the molecule is CCCNC(Cc1ccccc1OC)c1ncccc1Br. The third-order valence-electron chi connectivity index (χ3n) is 3.37. The number of hydrogen-bond donors (Lipinski definition) is 1. The van der Waals surface area contributed by atoms with Crippen molar-refractivity contribution in [3.63, 3.8) is 0 Å². The van der Waals surface area contributed by atoms with Crippen molar-refractivity contribution < 1.29 is 4.74 Å². The van der Waals surface area contributed by atoms with Gasteiger partial charge in [0, 0.05) is 10.7 Å². The Balaban J connectivity index is 2.26. The smallest absolute Gasteiger partial charge is 0.122 e. The molecule has 0 saturated carbocycles. The average Bonchev–Trinajstić information content (AvgIpc) is 2.52. The van der Waals surface area contributed by atoms with Crippen LogP contribution < -0.4 is 10.1 Å². The lowest BCUT2D eigenvalue weighted by Crippen LogP contribution is -2.25. The van der Waals surface area contributed by atoms with Crippen molar-refractivity contribution in [2.45, 2.75) is 25.8 Å². The van der Waals surface area contributed by atoms with Crippen molar-refractivity contribution in [3.05, 3.63) is 58.3 Å². The number of nitrogens with one attached hydrogen (secondary N) is 1. The summed E-state index contributed by atoms with van der Waals surface area (Å²) < 4.78 is 6.49.